The molecule has 0 unspecified atom stereocenters. The number of hydrogen-bond donors (Lipinski definition) is 0. The SMILES string of the molecule is CCCCCN(C)CC(=O)c1ccc(F)c(F)c1. The largest absolute Gasteiger partial charge is 0.299 e. The number of halogens is 2. The van der Waals surface area contributed by atoms with Crippen molar-refractivity contribution in [1.82, 2.24) is 4.90 Å². The van der Waals surface area contributed by atoms with Crippen LogP contribution in [0.25, 0.3) is 0 Å². The standard InChI is InChI=1S/C14H19F2NO/c1-3-4-5-8-17(2)10-14(18)11-6-7-12(15)13(16)9-11/h6-7,9H,3-5,8,10H2,1-2H3. The molecule has 0 aliphatic rings. The molecule has 100 valence electrons. The molecule has 1 aromatic rings. The van der Waals surface area contributed by atoms with E-state index in [1.54, 1.807) is 0 Å². The van der Waals surface area contributed by atoms with Gasteiger partial charge in [0.05, 0.1) is 6.54 Å². The van der Waals surface area contributed by atoms with E-state index in [4.69, 9.17) is 0 Å². The number of carbonyl (C=O) groups is 1. The maximum atomic E-state index is 13.0. The van der Waals surface area contributed by atoms with Crippen LogP contribution in [0.4, 0.5) is 8.78 Å². The Morgan fingerprint density at radius 3 is 2.56 bits per heavy atom. The Kier molecular flexibility index (Phi) is 5.92. The molecule has 18 heavy (non-hydrogen) atoms. The number of ketones is 1. The van der Waals surface area contributed by atoms with Gasteiger partial charge < -0.3 is 0 Å². The van der Waals surface area contributed by atoms with E-state index in [1.165, 1.54) is 6.07 Å². The van der Waals surface area contributed by atoms with Crippen molar-refractivity contribution in [3.8, 4) is 0 Å². The smallest absolute Gasteiger partial charge is 0.176 e. The van der Waals surface area contributed by atoms with Gasteiger partial charge in [-0.15, -0.1) is 0 Å². The summed E-state index contributed by atoms with van der Waals surface area (Å²) in [6, 6.07) is 3.26. The highest BCUT2D eigenvalue weighted by Gasteiger charge is 2.11. The Hall–Kier alpha value is -1.29. The van der Waals surface area contributed by atoms with Crippen molar-refractivity contribution in [2.45, 2.75) is 26.2 Å². The van der Waals surface area contributed by atoms with Crippen LogP contribution in [0.1, 0.15) is 36.5 Å². The maximum absolute atomic E-state index is 13.0. The summed E-state index contributed by atoms with van der Waals surface area (Å²) in [5, 5.41) is 0. The molecule has 0 amide bonds. The van der Waals surface area contributed by atoms with E-state index in [9.17, 15) is 13.6 Å². The molecule has 0 saturated carbocycles. The first-order valence-electron chi connectivity index (χ1n) is 6.21. The summed E-state index contributed by atoms with van der Waals surface area (Å²) in [6.45, 7) is 3.19. The van der Waals surface area contributed by atoms with Crippen LogP contribution in [-0.2, 0) is 0 Å². The van der Waals surface area contributed by atoms with Gasteiger partial charge in [-0.2, -0.15) is 0 Å². The lowest BCUT2D eigenvalue weighted by atomic mass is 10.1. The highest BCUT2D eigenvalue weighted by Crippen LogP contribution is 2.10. The Balaban J connectivity index is 2.51. The van der Waals surface area contributed by atoms with E-state index < -0.39 is 11.6 Å². The average Bonchev–Trinajstić information content (AvgIpc) is 2.33. The van der Waals surface area contributed by atoms with E-state index in [1.807, 2.05) is 11.9 Å². The van der Waals surface area contributed by atoms with Crippen molar-refractivity contribution >= 4 is 5.78 Å². The number of rotatable bonds is 7. The van der Waals surface area contributed by atoms with Crippen molar-refractivity contribution < 1.29 is 13.6 Å². The first kappa shape index (κ1) is 14.8. The molecule has 0 spiro atoms. The molecule has 0 aromatic heterocycles. The summed E-state index contributed by atoms with van der Waals surface area (Å²) in [4.78, 5) is 13.7. The zero-order valence-corrected chi connectivity index (χ0v) is 10.9. The third-order valence-corrected chi connectivity index (χ3v) is 2.80. The van der Waals surface area contributed by atoms with Crippen LogP contribution < -0.4 is 0 Å². The van der Waals surface area contributed by atoms with Gasteiger partial charge in [0, 0.05) is 5.56 Å². The maximum Gasteiger partial charge on any atom is 0.176 e. The molecule has 4 heteroatoms. The van der Waals surface area contributed by atoms with Gasteiger partial charge in [0.15, 0.2) is 17.4 Å². The number of Topliss-reactive ketones (excluding diaryl/α,β-unsaturated/α-hetero) is 1. The van der Waals surface area contributed by atoms with E-state index in [2.05, 4.69) is 6.92 Å². The molecule has 0 aliphatic carbocycles. The molecule has 0 fully saturated rings. The summed E-state index contributed by atoms with van der Waals surface area (Å²) in [5.41, 5.74) is 0.219. The second kappa shape index (κ2) is 7.21. The Morgan fingerprint density at radius 1 is 1.22 bits per heavy atom. The van der Waals surface area contributed by atoms with Crippen molar-refractivity contribution in [3.63, 3.8) is 0 Å². The lowest BCUT2D eigenvalue weighted by molar-refractivity contribution is 0.0945. The number of benzene rings is 1. The molecule has 0 radical (unpaired) electrons. The predicted molar refractivity (Wildman–Crippen MR) is 67.7 cm³/mol. The van der Waals surface area contributed by atoms with Crippen molar-refractivity contribution in [2.24, 2.45) is 0 Å². The van der Waals surface area contributed by atoms with Crippen LogP contribution in [0, 0.1) is 11.6 Å². The highest BCUT2D eigenvalue weighted by atomic mass is 19.2. The van der Waals surface area contributed by atoms with Gasteiger partial charge in [0.1, 0.15) is 0 Å². The third kappa shape index (κ3) is 4.53. The fourth-order valence-electron chi connectivity index (χ4n) is 1.72. The first-order valence-corrected chi connectivity index (χ1v) is 6.21. The average molecular weight is 255 g/mol. The third-order valence-electron chi connectivity index (χ3n) is 2.80. The van der Waals surface area contributed by atoms with Crippen LogP contribution >= 0.6 is 0 Å². The molecule has 1 rings (SSSR count). The molecule has 0 bridgehead atoms. The molecule has 1 aromatic carbocycles. The summed E-state index contributed by atoms with van der Waals surface area (Å²) in [6.07, 6.45) is 3.30. The zero-order chi connectivity index (χ0) is 13.5. The molecule has 0 heterocycles. The van der Waals surface area contributed by atoms with Gasteiger partial charge in [0.25, 0.3) is 0 Å². The molecular formula is C14H19F2NO. The molecule has 0 N–H and O–H groups in total. The number of nitrogens with zero attached hydrogens (tertiary/aromatic N) is 1. The molecular weight excluding hydrogens is 236 g/mol. The summed E-state index contributed by atoms with van der Waals surface area (Å²) in [5.74, 6) is -2.09. The van der Waals surface area contributed by atoms with Gasteiger partial charge >= 0.3 is 0 Å². The lowest BCUT2D eigenvalue weighted by Crippen LogP contribution is -2.27. The van der Waals surface area contributed by atoms with Crippen molar-refractivity contribution in [1.29, 1.82) is 0 Å². The minimum absolute atomic E-state index is 0.187. The highest BCUT2D eigenvalue weighted by molar-refractivity contribution is 5.97. The second-order valence-corrected chi connectivity index (χ2v) is 4.50. The second-order valence-electron chi connectivity index (χ2n) is 4.50. The Labute approximate surface area is 107 Å². The summed E-state index contributed by atoms with van der Waals surface area (Å²) >= 11 is 0. The fraction of sp³-hybridized carbons (Fsp3) is 0.500. The monoisotopic (exact) mass is 255 g/mol. The van der Waals surface area contributed by atoms with Crippen LogP contribution in [0.3, 0.4) is 0 Å². The van der Waals surface area contributed by atoms with Crippen LogP contribution in [0.15, 0.2) is 18.2 Å². The van der Waals surface area contributed by atoms with Gasteiger partial charge in [-0.3, -0.25) is 9.69 Å². The van der Waals surface area contributed by atoms with E-state index in [0.717, 1.165) is 37.9 Å². The quantitative estimate of drug-likeness (QED) is 0.550. The zero-order valence-electron chi connectivity index (χ0n) is 10.9. The summed E-state index contributed by atoms with van der Waals surface area (Å²) < 4.78 is 25.7. The number of carbonyl (C=O) groups excluding carboxylic acids is 1. The predicted octanol–water partition coefficient (Wildman–Crippen LogP) is 3.27. The van der Waals surface area contributed by atoms with Crippen molar-refractivity contribution in [3.05, 3.63) is 35.4 Å². The molecule has 0 aliphatic heterocycles. The van der Waals surface area contributed by atoms with Gasteiger partial charge in [0.2, 0.25) is 0 Å². The molecule has 2 nitrogen and oxygen atoms in total. The molecule has 0 saturated heterocycles. The van der Waals surface area contributed by atoms with Crippen LogP contribution in [-0.4, -0.2) is 30.8 Å². The number of unbranched alkanes of at least 4 members (excludes halogenated alkanes) is 2. The lowest BCUT2D eigenvalue weighted by Gasteiger charge is -2.15. The Morgan fingerprint density at radius 2 is 1.94 bits per heavy atom. The number of hydrogen-bond acceptors (Lipinski definition) is 2. The Bertz CT molecular complexity index is 407. The molecule has 0 atom stereocenters. The van der Waals surface area contributed by atoms with E-state index in [0.29, 0.717) is 0 Å². The minimum atomic E-state index is -0.977. The van der Waals surface area contributed by atoms with Gasteiger partial charge in [-0.1, -0.05) is 19.8 Å². The fourth-order valence-corrected chi connectivity index (χ4v) is 1.72. The topological polar surface area (TPSA) is 20.3 Å². The van der Waals surface area contributed by atoms with Crippen molar-refractivity contribution in [2.75, 3.05) is 20.1 Å². The first-order chi connectivity index (χ1) is 8.54. The normalized spacial score (nSPS) is 10.9. The van der Waals surface area contributed by atoms with Crippen LogP contribution in [0.2, 0.25) is 0 Å². The van der Waals surface area contributed by atoms with Gasteiger partial charge in [-0.25, -0.2) is 8.78 Å². The minimum Gasteiger partial charge on any atom is -0.299 e. The van der Waals surface area contributed by atoms with Gasteiger partial charge in [-0.05, 0) is 38.2 Å². The van der Waals surface area contributed by atoms with Crippen LogP contribution in [0.5, 0.6) is 0 Å². The van der Waals surface area contributed by atoms with E-state index in [-0.39, 0.29) is 17.9 Å². The number of likely N-dealkylation sites (N-methyl/N-ethyl adjacent to an activating group) is 1. The van der Waals surface area contributed by atoms with E-state index >= 15 is 0 Å². The summed E-state index contributed by atoms with van der Waals surface area (Å²) in [7, 11) is 1.85.